The standard InChI is InChI=1S/C45H60N2O12.C38H52N2O11/c1-26-10-7-12-28(40(26)54-4)16-18-34-45(2,3)36-29-13-6-5-11-27(29)15-17-30(36)47(34)21-19-35(50)46-20-9-23-56-43-39(53)41-32(24-48)58-44(43)59-42-33(25-49)57-31(14-8-22-55-41)37(51)38(42)52;1-4-9-28-38(2,3)30-23-11-6-5-10-22(23)13-14-24(30)40(28)17-15-29(43)39-16-8-19-48-34-25-12-7-18-47-35-26(20-41)50-37(32(45)31(35)44)51-36(33(34)46)27(21-42)49-25/h5-6,11,13,15-18,31-33,37-39,41-44,48-49,51-53H,1,7-10,12,14,19-25H2,2-4H3;4-6,9-11,13-14,25-27,31-37,41-42,44-46H,1,7-8,12,15-21H2,2-3H3,(H,39,43)/p+1/b18-16+;28-9+/t31-,32-,33-,37+,38-,39+,41-,42?,43-,44-;25-,26-,27-,31-,32-,33-,34+,35-,36-,37?/m11/s1. The molecule has 15 aliphatic rings. The van der Waals surface area contributed by atoms with Gasteiger partial charge >= 0.3 is 0 Å². The van der Waals surface area contributed by atoms with Gasteiger partial charge in [-0.15, -0.1) is 0 Å². The Hall–Kier alpha value is -6.49. The Kier molecular flexibility index (Phi) is 28.1. The summed E-state index contributed by atoms with van der Waals surface area (Å²) < 4.78 is 67.8. The summed E-state index contributed by atoms with van der Waals surface area (Å²) in [4.78, 5) is 28.7. The van der Waals surface area contributed by atoms with Crippen molar-refractivity contribution in [1.29, 1.82) is 0 Å². The number of nitrogens with one attached hydrogen (secondary N) is 2. The zero-order valence-electron chi connectivity index (χ0n) is 63.6. The molecule has 12 fully saturated rings. The van der Waals surface area contributed by atoms with Gasteiger partial charge in [-0.3, -0.25) is 9.59 Å². The molecule has 0 spiro atoms. The number of benzene rings is 4. The summed E-state index contributed by atoms with van der Waals surface area (Å²) in [6.07, 6.45) is -8.56. The van der Waals surface area contributed by atoms with Crippen LogP contribution < -0.4 is 15.5 Å². The molecule has 0 aromatic heterocycles. The predicted molar refractivity (Wildman–Crippen MR) is 406 cm³/mol. The number of nitrogens with zero attached hydrogens (tertiary/aromatic N) is 2. The molecule has 2 unspecified atom stereocenters. The topological polar surface area (TPSA) is 368 Å². The molecule has 4 aromatic carbocycles. The Bertz CT molecular complexity index is 3970. The molecule has 602 valence electrons. The maximum Gasteiger partial charge on any atom is 0.226 e. The lowest BCUT2D eigenvalue weighted by Crippen LogP contribution is -2.65. The molecular weight excluding hydrogens is 1420 g/mol. The van der Waals surface area contributed by atoms with Crippen molar-refractivity contribution in [2.24, 2.45) is 0 Å². The van der Waals surface area contributed by atoms with Crippen molar-refractivity contribution in [2.75, 3.05) is 91.0 Å². The van der Waals surface area contributed by atoms with Gasteiger partial charge in [-0.05, 0) is 134 Å². The molecule has 1 aliphatic carbocycles. The van der Waals surface area contributed by atoms with Gasteiger partial charge in [0.05, 0.1) is 57.6 Å². The van der Waals surface area contributed by atoms with E-state index in [1.807, 2.05) is 18.2 Å². The summed E-state index contributed by atoms with van der Waals surface area (Å²) in [6, 6.07) is 25.3. The number of carbonyl (C=O) groups is 2. The number of rotatable bonds is 24. The summed E-state index contributed by atoms with van der Waals surface area (Å²) in [5.41, 5.74) is 8.30. The average molecular weight is 1530 g/mol. The summed E-state index contributed by atoms with van der Waals surface area (Å²) in [7, 11) is 1.69. The van der Waals surface area contributed by atoms with E-state index in [2.05, 4.69) is 134 Å². The first-order chi connectivity index (χ1) is 53.1. The smallest absolute Gasteiger partial charge is 0.226 e. The quantitative estimate of drug-likeness (QED) is 0.0345. The number of amides is 2. The molecule has 27 heteroatoms. The van der Waals surface area contributed by atoms with Crippen LogP contribution in [0.25, 0.3) is 21.5 Å². The van der Waals surface area contributed by atoms with Crippen molar-refractivity contribution in [2.45, 2.75) is 232 Å². The van der Waals surface area contributed by atoms with Gasteiger partial charge in [0.15, 0.2) is 24.8 Å². The van der Waals surface area contributed by atoms with E-state index in [1.54, 1.807) is 13.2 Å². The van der Waals surface area contributed by atoms with Crippen molar-refractivity contribution in [3.8, 4) is 0 Å². The molecule has 0 saturated carbocycles. The highest BCUT2D eigenvalue weighted by atomic mass is 16.7. The summed E-state index contributed by atoms with van der Waals surface area (Å²) in [6.45, 7) is 17.3. The molecule has 2 amide bonds. The van der Waals surface area contributed by atoms with Gasteiger partial charge in [-0.25, -0.2) is 0 Å². The molecule has 12 saturated heterocycles. The van der Waals surface area contributed by atoms with Gasteiger partial charge in [0.2, 0.25) is 17.5 Å². The lowest BCUT2D eigenvalue weighted by molar-refractivity contribution is -0.436. The average Bonchev–Trinajstić information content (AvgIpc) is 1.57. The summed E-state index contributed by atoms with van der Waals surface area (Å²) >= 11 is 0. The number of aliphatic hydroxyl groups excluding tert-OH is 10. The van der Waals surface area contributed by atoms with E-state index in [0.717, 1.165) is 64.3 Å². The molecule has 14 heterocycles. The molecule has 12 N–H and O–H groups in total. The zero-order valence-corrected chi connectivity index (χ0v) is 63.6. The van der Waals surface area contributed by atoms with Gasteiger partial charge in [-0.1, -0.05) is 87.7 Å². The van der Waals surface area contributed by atoms with E-state index < -0.39 is 149 Å². The number of anilines is 1. The first-order valence-corrected chi connectivity index (χ1v) is 39.0. The lowest BCUT2D eigenvalue weighted by atomic mass is 9.78. The third-order valence-corrected chi connectivity index (χ3v) is 23.0. The number of ether oxygens (including phenoxy) is 11. The number of methoxy groups -OCH3 is 1. The van der Waals surface area contributed by atoms with E-state index in [4.69, 9.17) is 52.1 Å². The van der Waals surface area contributed by atoms with Crippen LogP contribution in [0.4, 0.5) is 11.4 Å². The fourth-order valence-electron chi connectivity index (χ4n) is 17.4. The van der Waals surface area contributed by atoms with E-state index in [9.17, 15) is 60.7 Å². The Labute approximate surface area is 642 Å². The molecule has 0 radical (unpaired) electrons. The third kappa shape index (κ3) is 17.6. The second-order valence-corrected chi connectivity index (χ2v) is 30.9. The number of allylic oxidation sites excluding steroid dienone is 7. The van der Waals surface area contributed by atoms with E-state index in [0.29, 0.717) is 64.7 Å². The number of aliphatic hydroxyl groups is 10. The maximum absolute atomic E-state index is 13.4. The minimum Gasteiger partial charge on any atom is -0.496 e. The van der Waals surface area contributed by atoms with Gasteiger partial charge in [0, 0.05) is 87.0 Å². The zero-order chi connectivity index (χ0) is 78.1. The molecular formula is C83H113N4O23+. The first kappa shape index (κ1) is 83.0. The van der Waals surface area contributed by atoms with E-state index >= 15 is 0 Å². The Morgan fingerprint density at radius 2 is 1.14 bits per heavy atom. The van der Waals surface area contributed by atoms with Crippen molar-refractivity contribution < 1.29 is 117 Å². The van der Waals surface area contributed by atoms with Crippen molar-refractivity contribution in [1.82, 2.24) is 10.6 Å². The number of fused-ring (bicyclic) bond motifs is 6. The van der Waals surface area contributed by atoms with Gasteiger partial charge < -0.3 is 119 Å². The predicted octanol–water partition coefficient (Wildman–Crippen LogP) is 4.23. The highest BCUT2D eigenvalue weighted by Crippen LogP contribution is 2.51. The van der Waals surface area contributed by atoms with Crippen LogP contribution in [0.3, 0.4) is 0 Å². The van der Waals surface area contributed by atoms with Gasteiger partial charge in [-0.2, -0.15) is 4.58 Å². The molecule has 110 heavy (non-hydrogen) atoms. The maximum atomic E-state index is 13.4. The van der Waals surface area contributed by atoms with Crippen LogP contribution in [0.15, 0.2) is 133 Å². The molecule has 4 aromatic rings. The third-order valence-electron chi connectivity index (χ3n) is 23.0. The minimum absolute atomic E-state index is 0.0921. The summed E-state index contributed by atoms with van der Waals surface area (Å²) in [5, 5.41) is 117. The largest absolute Gasteiger partial charge is 0.496 e. The molecule has 20 atom stereocenters. The van der Waals surface area contributed by atoms with Crippen molar-refractivity contribution in [3.05, 3.63) is 144 Å². The van der Waals surface area contributed by atoms with Crippen molar-refractivity contribution >= 4 is 50.4 Å². The van der Waals surface area contributed by atoms with Crippen LogP contribution in [0, 0.1) is 0 Å². The van der Waals surface area contributed by atoms with Gasteiger partial charge in [0.1, 0.15) is 103 Å². The Morgan fingerprint density at radius 3 is 1.78 bits per heavy atom. The van der Waals surface area contributed by atoms with Crippen LogP contribution in [-0.2, 0) is 72.5 Å². The van der Waals surface area contributed by atoms with Crippen molar-refractivity contribution in [3.63, 3.8) is 0 Å². The second-order valence-electron chi connectivity index (χ2n) is 30.9. The number of hydrogen-bond donors (Lipinski definition) is 12. The SMILES string of the molecule is C=C/C=C1/N(CCC(=O)NCCCO[C@@H]2[C@@H](O)[C@@H]3OC4O[C@H](CO)[C@@H](OCCC[C@H]2O[C@@H]3CO)[C@H](O)[C@H]4O)c2ccc3ccccc3c2C1(C)C.C=C1CCCC(/C=C/C2=[N+](CCC(=O)NCCCO[C@H]3[C@H]4OC5[C@@H](CO)O[C@H](CCCO[C@@H]([C@@H]3O)[C@@H](CO)O4)[C@H](O)[C@H]5O)c3ccc4ccccc4c3C2(C)C)=C1OC. The minimum atomic E-state index is -1.54. The van der Waals surface area contributed by atoms with Crippen LogP contribution in [0.2, 0.25) is 0 Å². The highest BCUT2D eigenvalue weighted by molar-refractivity contribution is 6.08. The number of hydrogen-bond acceptors (Lipinski definition) is 24. The molecule has 19 rings (SSSR count). The lowest BCUT2D eigenvalue weighted by Gasteiger charge is -2.47. The highest BCUT2D eigenvalue weighted by Gasteiger charge is 2.55. The monoisotopic (exact) mass is 1530 g/mol. The molecule has 8 bridgehead atoms. The van der Waals surface area contributed by atoms with Gasteiger partial charge in [0.25, 0.3) is 0 Å². The van der Waals surface area contributed by atoms with E-state index in [-0.39, 0.29) is 61.9 Å². The summed E-state index contributed by atoms with van der Waals surface area (Å²) in [5.74, 6) is 0.628. The Balaban J connectivity index is 0.000000207. The van der Waals surface area contributed by atoms with Crippen LogP contribution >= 0.6 is 0 Å². The normalized spacial score (nSPS) is 33.2. The van der Waals surface area contributed by atoms with Crippen LogP contribution in [-0.4, -0.2) is 282 Å². The fourth-order valence-corrected chi connectivity index (χ4v) is 17.4. The first-order valence-electron chi connectivity index (χ1n) is 39.0. The van der Waals surface area contributed by atoms with Crippen LogP contribution in [0.1, 0.15) is 109 Å². The fraction of sp³-hybridized carbons (Fsp3) is 0.602. The second kappa shape index (κ2) is 37.2. The Morgan fingerprint density at radius 1 is 0.591 bits per heavy atom. The van der Waals surface area contributed by atoms with E-state index in [1.165, 1.54) is 27.3 Å². The molecule has 14 aliphatic heterocycles. The molecule has 27 nitrogen and oxygen atoms in total. The van der Waals surface area contributed by atoms with Crippen LogP contribution in [0.5, 0.6) is 0 Å². The number of carbonyl (C=O) groups excluding carboxylic acids is 2.